The number of nitrogens with one attached hydrogen (secondary N) is 1. The molecule has 2 aromatic carbocycles. The van der Waals surface area contributed by atoms with Gasteiger partial charge in [-0.1, -0.05) is 65.7 Å². The van der Waals surface area contributed by atoms with E-state index < -0.39 is 6.04 Å². The van der Waals surface area contributed by atoms with Crippen molar-refractivity contribution in [1.82, 2.24) is 19.9 Å². The zero-order valence-corrected chi connectivity index (χ0v) is 16.4. The van der Waals surface area contributed by atoms with E-state index in [9.17, 15) is 4.79 Å². The number of nitrogens with zero attached hydrogens (tertiary/aromatic N) is 3. The molecule has 7 heteroatoms. The lowest BCUT2D eigenvalue weighted by atomic mass is 10.1. The Morgan fingerprint density at radius 3 is 2.50 bits per heavy atom. The third kappa shape index (κ3) is 3.46. The van der Waals surface area contributed by atoms with E-state index >= 15 is 0 Å². The van der Waals surface area contributed by atoms with Gasteiger partial charge in [0.25, 0.3) is 5.91 Å². The fourth-order valence-electron chi connectivity index (χ4n) is 3.12. The molecule has 0 aliphatic heterocycles. The van der Waals surface area contributed by atoms with E-state index in [1.165, 1.54) is 12.3 Å². The molecule has 0 bridgehead atoms. The third-order valence-electron chi connectivity index (χ3n) is 4.55. The van der Waals surface area contributed by atoms with Crippen LogP contribution in [-0.2, 0) is 7.05 Å². The highest BCUT2D eigenvalue weighted by Crippen LogP contribution is 2.26. The van der Waals surface area contributed by atoms with Crippen molar-refractivity contribution < 1.29 is 4.79 Å². The lowest BCUT2D eigenvalue weighted by Crippen LogP contribution is -2.31. The van der Waals surface area contributed by atoms with Crippen molar-refractivity contribution in [2.45, 2.75) is 6.04 Å². The maximum Gasteiger partial charge on any atom is 0.253 e. The fraction of sp³-hybridized carbons (Fsp3) is 0.0952. The summed E-state index contributed by atoms with van der Waals surface area (Å²) in [6.07, 6.45) is 1.40. The highest BCUT2D eigenvalue weighted by atomic mass is 35.5. The minimum absolute atomic E-state index is 0.160. The number of hydrogen-bond acceptors (Lipinski definition) is 3. The van der Waals surface area contributed by atoms with Crippen LogP contribution >= 0.6 is 23.2 Å². The number of hydrogen-bond donors (Lipinski definition) is 1. The fourth-order valence-corrected chi connectivity index (χ4v) is 3.39. The first-order valence-corrected chi connectivity index (χ1v) is 9.38. The van der Waals surface area contributed by atoms with Crippen LogP contribution in [0.25, 0.3) is 11.0 Å². The summed E-state index contributed by atoms with van der Waals surface area (Å²) in [4.78, 5) is 21.6. The quantitative estimate of drug-likeness (QED) is 0.491. The summed E-state index contributed by atoms with van der Waals surface area (Å²) >= 11 is 11.9. The molecule has 0 saturated heterocycles. The summed E-state index contributed by atoms with van der Waals surface area (Å²) < 4.78 is 1.99. The highest BCUT2D eigenvalue weighted by Gasteiger charge is 2.23. The molecule has 5 nitrogen and oxygen atoms in total. The van der Waals surface area contributed by atoms with Gasteiger partial charge in [0, 0.05) is 13.2 Å². The van der Waals surface area contributed by atoms with E-state index in [-0.39, 0.29) is 16.1 Å². The van der Waals surface area contributed by atoms with Gasteiger partial charge in [-0.05, 0) is 23.8 Å². The van der Waals surface area contributed by atoms with Gasteiger partial charge in [0.2, 0.25) is 0 Å². The van der Waals surface area contributed by atoms with Crippen LogP contribution in [0, 0.1) is 0 Å². The molecule has 0 radical (unpaired) electrons. The van der Waals surface area contributed by atoms with Gasteiger partial charge in [-0.2, -0.15) is 0 Å². The minimum Gasteiger partial charge on any atom is -0.338 e. The van der Waals surface area contributed by atoms with Crippen molar-refractivity contribution >= 4 is 40.1 Å². The van der Waals surface area contributed by atoms with Crippen LogP contribution in [0.1, 0.15) is 27.8 Å². The summed E-state index contributed by atoms with van der Waals surface area (Å²) in [5.41, 5.74) is 3.10. The second kappa shape index (κ2) is 7.62. The smallest absolute Gasteiger partial charge is 0.253 e. The number of carbonyl (C=O) groups is 1. The van der Waals surface area contributed by atoms with E-state index in [0.29, 0.717) is 5.56 Å². The van der Waals surface area contributed by atoms with Gasteiger partial charge in [0.1, 0.15) is 17.0 Å². The monoisotopic (exact) mass is 410 g/mol. The number of carbonyl (C=O) groups excluding carboxylic acids is 1. The number of halogens is 2. The van der Waals surface area contributed by atoms with E-state index in [1.54, 1.807) is 0 Å². The van der Waals surface area contributed by atoms with Crippen LogP contribution in [0.4, 0.5) is 0 Å². The number of amides is 1. The van der Waals surface area contributed by atoms with E-state index in [1.807, 2.05) is 66.2 Å². The molecule has 4 rings (SSSR count). The van der Waals surface area contributed by atoms with E-state index in [4.69, 9.17) is 28.2 Å². The first-order chi connectivity index (χ1) is 13.5. The summed E-state index contributed by atoms with van der Waals surface area (Å²) in [7, 11) is 1.94. The van der Waals surface area contributed by atoms with E-state index in [0.717, 1.165) is 22.4 Å². The van der Waals surface area contributed by atoms with Crippen molar-refractivity contribution in [3.63, 3.8) is 0 Å². The molecule has 0 aliphatic rings. The van der Waals surface area contributed by atoms with Crippen molar-refractivity contribution in [1.29, 1.82) is 0 Å². The zero-order chi connectivity index (χ0) is 19.7. The Balaban J connectivity index is 1.77. The van der Waals surface area contributed by atoms with Gasteiger partial charge in [0.15, 0.2) is 0 Å². The zero-order valence-electron chi connectivity index (χ0n) is 14.9. The third-order valence-corrected chi connectivity index (χ3v) is 5.23. The summed E-state index contributed by atoms with van der Waals surface area (Å²) in [5.74, 6) is 0.417. The van der Waals surface area contributed by atoms with Gasteiger partial charge in [-0.25, -0.2) is 9.97 Å². The summed E-state index contributed by atoms with van der Waals surface area (Å²) in [5, 5.41) is 3.44. The molecular weight excluding hydrogens is 395 g/mol. The highest BCUT2D eigenvalue weighted by molar-refractivity contribution is 6.41. The minimum atomic E-state index is -0.444. The average Bonchev–Trinajstić information content (AvgIpc) is 3.05. The maximum absolute atomic E-state index is 12.9. The second-order valence-corrected chi connectivity index (χ2v) is 7.10. The Bertz CT molecular complexity index is 1160. The van der Waals surface area contributed by atoms with Crippen LogP contribution in [0.2, 0.25) is 10.2 Å². The van der Waals surface area contributed by atoms with Crippen molar-refractivity contribution in [3.05, 3.63) is 94.0 Å². The summed E-state index contributed by atoms with van der Waals surface area (Å²) in [6.45, 7) is 0. The molecule has 0 fully saturated rings. The standard InChI is InChI=1S/C21H16Cl2N4O/c1-27-17-10-6-5-9-16(17)25-20(27)18(13-7-3-2-4-8-13)26-21(28)14-11-15(22)19(23)24-12-14/h2-12,18H,1H3,(H,26,28). The Morgan fingerprint density at radius 2 is 1.79 bits per heavy atom. The number of fused-ring (bicyclic) bond motifs is 1. The molecule has 1 amide bonds. The number of aromatic nitrogens is 3. The molecule has 28 heavy (non-hydrogen) atoms. The predicted molar refractivity (Wildman–Crippen MR) is 111 cm³/mol. The molecular formula is C21H16Cl2N4O. The molecule has 1 atom stereocenters. The number of imidazole rings is 1. The average molecular weight is 411 g/mol. The molecule has 2 heterocycles. The van der Waals surface area contributed by atoms with Crippen LogP contribution in [0.5, 0.6) is 0 Å². The number of aryl methyl sites for hydroxylation is 1. The maximum atomic E-state index is 12.9. The molecule has 140 valence electrons. The Hall–Kier alpha value is -2.89. The second-order valence-electron chi connectivity index (χ2n) is 6.33. The Morgan fingerprint density at radius 1 is 1.07 bits per heavy atom. The van der Waals surface area contributed by atoms with Crippen molar-refractivity contribution in [2.24, 2.45) is 7.05 Å². The normalized spacial score (nSPS) is 12.1. The first kappa shape index (κ1) is 18.5. The molecule has 0 saturated carbocycles. The topological polar surface area (TPSA) is 59.8 Å². The largest absolute Gasteiger partial charge is 0.338 e. The van der Waals surface area contributed by atoms with Crippen LogP contribution in [0.15, 0.2) is 66.9 Å². The molecule has 0 aliphatic carbocycles. The Kier molecular flexibility index (Phi) is 5.03. The van der Waals surface area contributed by atoms with Crippen LogP contribution in [0.3, 0.4) is 0 Å². The van der Waals surface area contributed by atoms with Gasteiger partial charge >= 0.3 is 0 Å². The summed E-state index contributed by atoms with van der Waals surface area (Å²) in [6, 6.07) is 18.6. The molecule has 1 N–H and O–H groups in total. The van der Waals surface area contributed by atoms with Crippen molar-refractivity contribution in [2.75, 3.05) is 0 Å². The first-order valence-electron chi connectivity index (χ1n) is 8.63. The number of pyridine rings is 1. The molecule has 1 unspecified atom stereocenters. The van der Waals surface area contributed by atoms with Crippen molar-refractivity contribution in [3.8, 4) is 0 Å². The molecule has 2 aromatic heterocycles. The lowest BCUT2D eigenvalue weighted by molar-refractivity contribution is 0.0941. The molecule has 0 spiro atoms. The van der Waals surface area contributed by atoms with Crippen LogP contribution < -0.4 is 5.32 Å². The predicted octanol–water partition coefficient (Wildman–Crippen LogP) is 4.79. The molecule has 4 aromatic rings. The van der Waals surface area contributed by atoms with Crippen LogP contribution in [-0.4, -0.2) is 20.4 Å². The van der Waals surface area contributed by atoms with Gasteiger partial charge in [-0.3, -0.25) is 4.79 Å². The van der Waals surface area contributed by atoms with Gasteiger partial charge < -0.3 is 9.88 Å². The SMILES string of the molecule is Cn1c(C(NC(=O)c2cnc(Cl)c(Cl)c2)c2ccccc2)nc2ccccc21. The van der Waals surface area contributed by atoms with Gasteiger partial charge in [0.05, 0.1) is 21.6 Å². The number of benzene rings is 2. The lowest BCUT2D eigenvalue weighted by Gasteiger charge is -2.19. The number of rotatable bonds is 4. The van der Waals surface area contributed by atoms with E-state index in [2.05, 4.69) is 10.3 Å². The van der Waals surface area contributed by atoms with Gasteiger partial charge in [-0.15, -0.1) is 0 Å². The number of para-hydroxylation sites is 2. The Labute approximate surface area is 171 Å².